The fourth-order valence-electron chi connectivity index (χ4n) is 3.20. The topological polar surface area (TPSA) is 76.5 Å². The van der Waals surface area contributed by atoms with Gasteiger partial charge in [0.1, 0.15) is 5.54 Å². The fourth-order valence-corrected chi connectivity index (χ4v) is 3.20. The molecule has 0 spiro atoms. The van der Waals surface area contributed by atoms with Gasteiger partial charge >= 0.3 is 0 Å². The van der Waals surface area contributed by atoms with Crippen LogP contribution in [0, 0.1) is 5.92 Å². The largest absolute Gasteiger partial charge is 0.382 e. The van der Waals surface area contributed by atoms with E-state index in [1.54, 1.807) is 36.1 Å². The number of nitrogens with zero attached hydrogens (tertiary/aromatic N) is 3. The Balaban J connectivity index is 2.25. The highest BCUT2D eigenvalue weighted by molar-refractivity contribution is 5.99. The van der Waals surface area contributed by atoms with Gasteiger partial charge < -0.3 is 15.0 Å². The Morgan fingerprint density at radius 2 is 2.22 bits per heavy atom. The summed E-state index contributed by atoms with van der Waals surface area (Å²) in [6, 6.07) is 0. The zero-order valence-electron chi connectivity index (χ0n) is 14.3. The Morgan fingerprint density at radius 1 is 1.48 bits per heavy atom. The maximum Gasteiger partial charge on any atom is 0.258 e. The molecule has 1 aromatic heterocycles. The Kier molecular flexibility index (Phi) is 5.41. The number of methoxy groups -OCH3 is 1. The molecule has 2 heterocycles. The minimum atomic E-state index is -0.930. The summed E-state index contributed by atoms with van der Waals surface area (Å²) in [4.78, 5) is 26.9. The SMILES string of the molecule is CNC(=O)C1(COC)CCCN1C(=O)c1cnn(CC(C)C)c1. The molecule has 1 unspecified atom stereocenters. The predicted molar refractivity (Wildman–Crippen MR) is 86.0 cm³/mol. The summed E-state index contributed by atoms with van der Waals surface area (Å²) in [7, 11) is 3.13. The van der Waals surface area contributed by atoms with E-state index in [4.69, 9.17) is 4.74 Å². The number of nitrogens with one attached hydrogen (secondary N) is 1. The van der Waals surface area contributed by atoms with E-state index in [2.05, 4.69) is 24.3 Å². The molecule has 1 atom stereocenters. The minimum Gasteiger partial charge on any atom is -0.382 e. The van der Waals surface area contributed by atoms with Gasteiger partial charge in [-0.1, -0.05) is 13.8 Å². The van der Waals surface area contributed by atoms with Gasteiger partial charge in [-0.15, -0.1) is 0 Å². The van der Waals surface area contributed by atoms with Gasteiger partial charge in [0.05, 0.1) is 18.4 Å². The highest BCUT2D eigenvalue weighted by Gasteiger charge is 2.49. The number of carbonyl (C=O) groups excluding carboxylic acids is 2. The highest BCUT2D eigenvalue weighted by Crippen LogP contribution is 2.31. The van der Waals surface area contributed by atoms with Crippen molar-refractivity contribution in [2.45, 2.75) is 38.8 Å². The number of hydrogen-bond donors (Lipinski definition) is 1. The number of likely N-dealkylation sites (N-methyl/N-ethyl adjacent to an activating group) is 1. The number of carbonyl (C=O) groups is 2. The Morgan fingerprint density at radius 3 is 2.83 bits per heavy atom. The van der Waals surface area contributed by atoms with E-state index in [0.29, 0.717) is 24.4 Å². The van der Waals surface area contributed by atoms with Crippen LogP contribution in [0.1, 0.15) is 37.0 Å². The van der Waals surface area contributed by atoms with Gasteiger partial charge in [0.25, 0.3) is 5.91 Å². The van der Waals surface area contributed by atoms with Crippen LogP contribution in [0.15, 0.2) is 12.4 Å². The van der Waals surface area contributed by atoms with Crippen molar-refractivity contribution in [1.82, 2.24) is 20.0 Å². The lowest BCUT2D eigenvalue weighted by Crippen LogP contribution is -2.59. The van der Waals surface area contributed by atoms with Crippen LogP contribution in [0.2, 0.25) is 0 Å². The molecular weight excluding hydrogens is 296 g/mol. The minimum absolute atomic E-state index is 0.168. The van der Waals surface area contributed by atoms with E-state index in [-0.39, 0.29) is 18.4 Å². The fraction of sp³-hybridized carbons (Fsp3) is 0.688. The maximum atomic E-state index is 12.9. The summed E-state index contributed by atoms with van der Waals surface area (Å²) in [6.45, 7) is 5.69. The first kappa shape index (κ1) is 17.5. The number of likely N-dealkylation sites (tertiary alicyclic amines) is 1. The van der Waals surface area contributed by atoms with E-state index in [1.165, 1.54) is 0 Å². The predicted octanol–water partition coefficient (Wildman–Crippen LogP) is 0.906. The first-order valence-corrected chi connectivity index (χ1v) is 8.00. The molecule has 1 aromatic rings. The number of amides is 2. The normalized spacial score (nSPS) is 21.0. The summed E-state index contributed by atoms with van der Waals surface area (Å²) < 4.78 is 7.02. The molecule has 1 N–H and O–H groups in total. The quantitative estimate of drug-likeness (QED) is 0.844. The summed E-state index contributed by atoms with van der Waals surface area (Å²) >= 11 is 0. The van der Waals surface area contributed by atoms with E-state index in [1.807, 2.05) is 0 Å². The molecule has 0 aliphatic carbocycles. The number of aromatic nitrogens is 2. The lowest BCUT2D eigenvalue weighted by Gasteiger charge is -2.36. The van der Waals surface area contributed by atoms with Crippen molar-refractivity contribution in [2.75, 3.05) is 27.3 Å². The molecule has 1 fully saturated rings. The summed E-state index contributed by atoms with van der Waals surface area (Å²) in [5.74, 6) is 0.0982. The van der Waals surface area contributed by atoms with Crippen LogP contribution in [0.25, 0.3) is 0 Å². The number of hydrogen-bond acceptors (Lipinski definition) is 4. The molecule has 128 valence electrons. The molecule has 2 amide bonds. The molecule has 1 aliphatic rings. The van der Waals surface area contributed by atoms with E-state index < -0.39 is 5.54 Å². The van der Waals surface area contributed by atoms with Crippen molar-refractivity contribution >= 4 is 11.8 Å². The molecule has 1 saturated heterocycles. The van der Waals surface area contributed by atoms with Crippen LogP contribution in [-0.2, 0) is 16.1 Å². The molecular formula is C16H26N4O3. The van der Waals surface area contributed by atoms with Crippen molar-refractivity contribution in [2.24, 2.45) is 5.92 Å². The van der Waals surface area contributed by atoms with Gasteiger partial charge in [-0.05, 0) is 18.8 Å². The lowest BCUT2D eigenvalue weighted by molar-refractivity contribution is -0.133. The molecule has 7 nitrogen and oxygen atoms in total. The van der Waals surface area contributed by atoms with Crippen molar-refractivity contribution in [3.63, 3.8) is 0 Å². The smallest absolute Gasteiger partial charge is 0.258 e. The second kappa shape index (κ2) is 7.12. The third-order valence-corrected chi connectivity index (χ3v) is 4.20. The van der Waals surface area contributed by atoms with Crippen LogP contribution in [-0.4, -0.2) is 59.3 Å². The maximum absolute atomic E-state index is 12.9. The van der Waals surface area contributed by atoms with Crippen molar-refractivity contribution < 1.29 is 14.3 Å². The third-order valence-electron chi connectivity index (χ3n) is 4.20. The molecule has 0 bridgehead atoms. The van der Waals surface area contributed by atoms with E-state index >= 15 is 0 Å². The summed E-state index contributed by atoms with van der Waals surface area (Å²) in [5, 5.41) is 6.91. The molecule has 2 rings (SSSR count). The van der Waals surface area contributed by atoms with Gasteiger partial charge in [0, 0.05) is 33.4 Å². The van der Waals surface area contributed by atoms with Gasteiger partial charge in [-0.3, -0.25) is 14.3 Å². The van der Waals surface area contributed by atoms with E-state index in [9.17, 15) is 9.59 Å². The lowest BCUT2D eigenvalue weighted by atomic mass is 9.95. The molecule has 0 aromatic carbocycles. The summed E-state index contributed by atoms with van der Waals surface area (Å²) in [5.41, 5.74) is -0.419. The Hall–Kier alpha value is -1.89. The Bertz CT molecular complexity index is 569. The van der Waals surface area contributed by atoms with Crippen LogP contribution in [0.4, 0.5) is 0 Å². The number of rotatable bonds is 6. The van der Waals surface area contributed by atoms with Crippen molar-refractivity contribution in [3.8, 4) is 0 Å². The number of ether oxygens (including phenoxy) is 1. The van der Waals surface area contributed by atoms with Gasteiger partial charge in [0.2, 0.25) is 5.91 Å². The van der Waals surface area contributed by atoms with Crippen LogP contribution in [0.5, 0.6) is 0 Å². The zero-order chi connectivity index (χ0) is 17.0. The van der Waals surface area contributed by atoms with Gasteiger partial charge in [-0.25, -0.2) is 0 Å². The van der Waals surface area contributed by atoms with Crippen molar-refractivity contribution in [1.29, 1.82) is 0 Å². The summed E-state index contributed by atoms with van der Waals surface area (Å²) in [6.07, 6.45) is 4.71. The van der Waals surface area contributed by atoms with Crippen molar-refractivity contribution in [3.05, 3.63) is 18.0 Å². The molecule has 1 aliphatic heterocycles. The van der Waals surface area contributed by atoms with Gasteiger partial charge in [0.15, 0.2) is 0 Å². The first-order chi connectivity index (χ1) is 10.9. The molecule has 0 radical (unpaired) electrons. The second-order valence-corrected chi connectivity index (χ2v) is 6.45. The van der Waals surface area contributed by atoms with E-state index in [0.717, 1.165) is 13.0 Å². The molecule has 0 saturated carbocycles. The Labute approximate surface area is 137 Å². The highest BCUT2D eigenvalue weighted by atomic mass is 16.5. The molecule has 7 heteroatoms. The van der Waals surface area contributed by atoms with Crippen LogP contribution >= 0.6 is 0 Å². The second-order valence-electron chi connectivity index (χ2n) is 6.45. The first-order valence-electron chi connectivity index (χ1n) is 8.00. The average molecular weight is 322 g/mol. The van der Waals surface area contributed by atoms with Crippen LogP contribution in [0.3, 0.4) is 0 Å². The zero-order valence-corrected chi connectivity index (χ0v) is 14.3. The van der Waals surface area contributed by atoms with Crippen LogP contribution < -0.4 is 5.32 Å². The van der Waals surface area contributed by atoms with Gasteiger partial charge in [-0.2, -0.15) is 5.10 Å². The monoisotopic (exact) mass is 322 g/mol. The standard InChI is InChI=1S/C16H26N4O3/c1-12(2)9-19-10-13(8-18-19)14(21)20-7-5-6-16(20,11-23-4)15(22)17-3/h8,10,12H,5-7,9,11H2,1-4H3,(H,17,22). The average Bonchev–Trinajstić information content (AvgIpc) is 3.13. The third kappa shape index (κ3) is 3.39. The molecule has 23 heavy (non-hydrogen) atoms.